The summed E-state index contributed by atoms with van der Waals surface area (Å²) in [5, 5.41) is 7.61. The summed E-state index contributed by atoms with van der Waals surface area (Å²) < 4.78 is 2.17. The molecule has 7 heteroatoms. The number of halogens is 1. The quantitative estimate of drug-likeness (QED) is 0.648. The van der Waals surface area contributed by atoms with Gasteiger partial charge < -0.3 is 5.32 Å². The third kappa shape index (κ3) is 3.06. The van der Waals surface area contributed by atoms with Crippen LogP contribution in [-0.2, 0) is 4.79 Å². The average Bonchev–Trinajstić information content (AvgIpc) is 2.95. The fraction of sp³-hybridized carbons (Fsp3) is 0.188. The molecule has 0 atom stereocenters. The lowest BCUT2D eigenvalue weighted by atomic mass is 10.1. The van der Waals surface area contributed by atoms with E-state index < -0.39 is 0 Å². The van der Waals surface area contributed by atoms with Crippen molar-refractivity contribution in [1.29, 1.82) is 0 Å². The van der Waals surface area contributed by atoms with Crippen LogP contribution in [0.15, 0.2) is 23.1 Å². The summed E-state index contributed by atoms with van der Waals surface area (Å²) in [6.45, 7) is 5.91. The molecule has 2 aromatic rings. The van der Waals surface area contributed by atoms with Crippen LogP contribution in [0.25, 0.3) is 11.8 Å². The molecule has 23 heavy (non-hydrogen) atoms. The topological polar surface area (TPSA) is 46.9 Å². The fourth-order valence-corrected chi connectivity index (χ4v) is 3.68. The van der Waals surface area contributed by atoms with Gasteiger partial charge in [0.2, 0.25) is 0 Å². The maximum atomic E-state index is 11.8. The fourth-order valence-electron chi connectivity index (χ4n) is 2.33. The first-order valence-corrected chi connectivity index (χ1v) is 8.54. The SMILES string of the molecule is Cc1ccc(C)c(-n2nc(C)c(C=C3SC(=S)NC3=O)c2Cl)c1. The molecule has 1 fully saturated rings. The Bertz CT molecular complexity index is 870. The predicted octanol–water partition coefficient (Wildman–Crippen LogP) is 3.94. The molecule has 1 N–H and O–H groups in total. The molecule has 1 amide bonds. The third-order valence-electron chi connectivity index (χ3n) is 3.56. The molecule has 1 aliphatic rings. The molecule has 0 saturated carbocycles. The molecular weight excluding hydrogens is 350 g/mol. The van der Waals surface area contributed by atoms with Gasteiger partial charge in [-0.15, -0.1) is 0 Å². The number of nitrogens with zero attached hydrogens (tertiary/aromatic N) is 2. The highest BCUT2D eigenvalue weighted by atomic mass is 35.5. The first-order chi connectivity index (χ1) is 10.9. The van der Waals surface area contributed by atoms with Crippen molar-refractivity contribution in [3.63, 3.8) is 0 Å². The summed E-state index contributed by atoms with van der Waals surface area (Å²) in [7, 11) is 0. The van der Waals surface area contributed by atoms with Crippen LogP contribution in [0.5, 0.6) is 0 Å². The molecule has 1 aromatic carbocycles. The van der Waals surface area contributed by atoms with E-state index in [1.54, 1.807) is 10.8 Å². The molecule has 1 aliphatic heterocycles. The Balaban J connectivity index is 2.10. The number of hydrogen-bond acceptors (Lipinski definition) is 4. The minimum atomic E-state index is -0.199. The van der Waals surface area contributed by atoms with Gasteiger partial charge >= 0.3 is 0 Å². The van der Waals surface area contributed by atoms with Crippen molar-refractivity contribution in [3.05, 3.63) is 50.6 Å². The zero-order chi connectivity index (χ0) is 16.7. The van der Waals surface area contributed by atoms with Gasteiger partial charge in [-0.1, -0.05) is 47.7 Å². The number of thioether (sulfide) groups is 1. The van der Waals surface area contributed by atoms with Gasteiger partial charge in [0, 0.05) is 5.56 Å². The number of aromatic nitrogens is 2. The summed E-state index contributed by atoms with van der Waals surface area (Å²) in [5.74, 6) is -0.199. The number of carbonyl (C=O) groups excluding carboxylic acids is 1. The Morgan fingerprint density at radius 1 is 1.35 bits per heavy atom. The largest absolute Gasteiger partial charge is 0.307 e. The van der Waals surface area contributed by atoms with Crippen molar-refractivity contribution in [2.45, 2.75) is 20.8 Å². The molecule has 118 valence electrons. The summed E-state index contributed by atoms with van der Waals surface area (Å²) in [6.07, 6.45) is 1.74. The van der Waals surface area contributed by atoms with E-state index in [4.69, 9.17) is 23.8 Å². The molecule has 0 aliphatic carbocycles. The van der Waals surface area contributed by atoms with Gasteiger partial charge in [-0.25, -0.2) is 4.68 Å². The Labute approximate surface area is 148 Å². The number of rotatable bonds is 2. The zero-order valence-electron chi connectivity index (χ0n) is 12.8. The van der Waals surface area contributed by atoms with E-state index in [-0.39, 0.29) is 5.91 Å². The molecule has 0 spiro atoms. The number of aryl methyl sites for hydroxylation is 3. The van der Waals surface area contributed by atoms with E-state index in [2.05, 4.69) is 10.4 Å². The summed E-state index contributed by atoms with van der Waals surface area (Å²) in [5.41, 5.74) is 4.63. The van der Waals surface area contributed by atoms with Crippen LogP contribution in [-0.4, -0.2) is 20.0 Å². The lowest BCUT2D eigenvalue weighted by Crippen LogP contribution is -2.17. The highest BCUT2D eigenvalue weighted by Crippen LogP contribution is 2.31. The van der Waals surface area contributed by atoms with E-state index >= 15 is 0 Å². The van der Waals surface area contributed by atoms with Crippen molar-refractivity contribution in [2.75, 3.05) is 0 Å². The van der Waals surface area contributed by atoms with Crippen LogP contribution in [0.3, 0.4) is 0 Å². The summed E-state index contributed by atoms with van der Waals surface area (Å²) in [6, 6.07) is 6.12. The molecule has 3 rings (SSSR count). The van der Waals surface area contributed by atoms with E-state index in [1.807, 2.05) is 39.0 Å². The second-order valence-electron chi connectivity index (χ2n) is 5.34. The lowest BCUT2D eigenvalue weighted by Gasteiger charge is -2.08. The summed E-state index contributed by atoms with van der Waals surface area (Å²) >= 11 is 12.8. The standard InChI is InChI=1S/C16H14ClN3OS2/c1-8-4-5-9(2)12(6-8)20-14(17)11(10(3)19-20)7-13-15(21)18-16(22)23-13/h4-7H,1-3H3,(H,18,21,22). The molecule has 4 nitrogen and oxygen atoms in total. The molecule has 1 saturated heterocycles. The molecule has 0 bridgehead atoms. The zero-order valence-corrected chi connectivity index (χ0v) is 15.2. The second-order valence-corrected chi connectivity index (χ2v) is 7.42. The molecular formula is C16H14ClN3OS2. The van der Waals surface area contributed by atoms with Gasteiger partial charge in [-0.05, 0) is 44.0 Å². The molecule has 0 radical (unpaired) electrons. The molecule has 1 aromatic heterocycles. The van der Waals surface area contributed by atoms with E-state index in [0.717, 1.165) is 28.1 Å². The number of nitrogens with one attached hydrogen (secondary N) is 1. The number of thiocarbonyl (C=S) groups is 1. The van der Waals surface area contributed by atoms with Crippen LogP contribution < -0.4 is 5.32 Å². The Morgan fingerprint density at radius 2 is 2.09 bits per heavy atom. The molecule has 2 heterocycles. The van der Waals surface area contributed by atoms with Gasteiger partial charge in [0.25, 0.3) is 5.91 Å². The van der Waals surface area contributed by atoms with Crippen LogP contribution in [0.1, 0.15) is 22.4 Å². The van der Waals surface area contributed by atoms with Gasteiger partial charge in [0.1, 0.15) is 9.47 Å². The second kappa shape index (κ2) is 6.11. The van der Waals surface area contributed by atoms with Crippen molar-refractivity contribution in [1.82, 2.24) is 15.1 Å². The first-order valence-electron chi connectivity index (χ1n) is 6.94. The van der Waals surface area contributed by atoms with E-state index in [0.29, 0.717) is 14.4 Å². The van der Waals surface area contributed by atoms with Crippen LogP contribution in [0, 0.1) is 20.8 Å². The third-order valence-corrected chi connectivity index (χ3v) is 5.08. The highest BCUT2D eigenvalue weighted by Gasteiger charge is 2.24. The summed E-state index contributed by atoms with van der Waals surface area (Å²) in [4.78, 5) is 12.4. The van der Waals surface area contributed by atoms with E-state index in [9.17, 15) is 4.79 Å². The van der Waals surface area contributed by atoms with Crippen LogP contribution in [0.2, 0.25) is 5.15 Å². The minimum Gasteiger partial charge on any atom is -0.307 e. The molecule has 0 unspecified atom stereocenters. The Kier molecular flexibility index (Phi) is 4.31. The maximum Gasteiger partial charge on any atom is 0.263 e. The number of amides is 1. The number of carbonyl (C=O) groups is 1. The minimum absolute atomic E-state index is 0.199. The van der Waals surface area contributed by atoms with Crippen molar-refractivity contribution in [3.8, 4) is 5.69 Å². The first kappa shape index (κ1) is 16.2. The number of benzene rings is 1. The lowest BCUT2D eigenvalue weighted by molar-refractivity contribution is -0.115. The van der Waals surface area contributed by atoms with Crippen molar-refractivity contribution >= 4 is 51.9 Å². The maximum absolute atomic E-state index is 11.8. The Morgan fingerprint density at radius 3 is 2.74 bits per heavy atom. The van der Waals surface area contributed by atoms with Crippen LogP contribution in [0.4, 0.5) is 0 Å². The van der Waals surface area contributed by atoms with Crippen LogP contribution >= 0.6 is 35.6 Å². The van der Waals surface area contributed by atoms with Gasteiger partial charge in [0.15, 0.2) is 0 Å². The van der Waals surface area contributed by atoms with E-state index in [1.165, 1.54) is 11.8 Å². The smallest absolute Gasteiger partial charge is 0.263 e. The predicted molar refractivity (Wildman–Crippen MR) is 99.1 cm³/mol. The number of hydrogen-bond donors (Lipinski definition) is 1. The highest BCUT2D eigenvalue weighted by molar-refractivity contribution is 8.26. The van der Waals surface area contributed by atoms with Gasteiger partial charge in [-0.2, -0.15) is 5.10 Å². The Hall–Kier alpha value is -1.63. The normalized spacial score (nSPS) is 16.3. The van der Waals surface area contributed by atoms with Crippen molar-refractivity contribution < 1.29 is 4.79 Å². The van der Waals surface area contributed by atoms with Gasteiger partial charge in [0.05, 0.1) is 16.3 Å². The van der Waals surface area contributed by atoms with Crippen molar-refractivity contribution in [2.24, 2.45) is 0 Å². The van der Waals surface area contributed by atoms with Gasteiger partial charge in [-0.3, -0.25) is 4.79 Å². The average molecular weight is 364 g/mol. The monoisotopic (exact) mass is 363 g/mol.